The highest BCUT2D eigenvalue weighted by Crippen LogP contribution is 2.13. The van der Waals surface area contributed by atoms with Gasteiger partial charge in [0.25, 0.3) is 0 Å². The third kappa shape index (κ3) is 4.07. The summed E-state index contributed by atoms with van der Waals surface area (Å²) < 4.78 is 5.24. The van der Waals surface area contributed by atoms with Crippen LogP contribution < -0.4 is 5.32 Å². The lowest BCUT2D eigenvalue weighted by atomic mass is 9.94. The van der Waals surface area contributed by atoms with Crippen molar-refractivity contribution >= 4 is 0 Å². The van der Waals surface area contributed by atoms with Crippen molar-refractivity contribution in [3.8, 4) is 0 Å². The maximum atomic E-state index is 5.24. The summed E-state index contributed by atoms with van der Waals surface area (Å²) in [7, 11) is 3.80. The average Bonchev–Trinajstić information content (AvgIpc) is 2.12. The van der Waals surface area contributed by atoms with E-state index in [1.807, 2.05) is 7.05 Å². The molecule has 0 rings (SSSR count). The van der Waals surface area contributed by atoms with E-state index in [1.54, 1.807) is 7.11 Å². The minimum Gasteiger partial charge on any atom is -0.382 e. The lowest BCUT2D eigenvalue weighted by molar-refractivity contribution is 0.0940. The summed E-state index contributed by atoms with van der Waals surface area (Å²) in [6.45, 7) is 6.63. The highest BCUT2D eigenvalue weighted by molar-refractivity contribution is 4.73. The SMILES string of the molecule is CCC(C)C(CC(C)OC)NC. The zero-order valence-electron chi connectivity index (χ0n) is 9.05. The van der Waals surface area contributed by atoms with Gasteiger partial charge in [-0.15, -0.1) is 0 Å². The zero-order valence-corrected chi connectivity index (χ0v) is 9.05. The lowest BCUT2D eigenvalue weighted by Crippen LogP contribution is -2.35. The van der Waals surface area contributed by atoms with Gasteiger partial charge in [0, 0.05) is 13.2 Å². The Morgan fingerprint density at radius 2 is 1.92 bits per heavy atom. The number of ether oxygens (including phenoxy) is 1. The predicted molar refractivity (Wildman–Crippen MR) is 53.4 cm³/mol. The van der Waals surface area contributed by atoms with E-state index in [0.29, 0.717) is 12.1 Å². The summed E-state index contributed by atoms with van der Waals surface area (Å²) in [5.41, 5.74) is 0. The van der Waals surface area contributed by atoms with E-state index in [-0.39, 0.29) is 0 Å². The van der Waals surface area contributed by atoms with Crippen LogP contribution >= 0.6 is 0 Å². The molecule has 0 saturated heterocycles. The third-order valence-corrected chi connectivity index (χ3v) is 2.69. The summed E-state index contributed by atoms with van der Waals surface area (Å²) in [6.07, 6.45) is 2.68. The molecule has 0 aromatic rings. The van der Waals surface area contributed by atoms with E-state index in [2.05, 4.69) is 26.1 Å². The molecule has 1 N–H and O–H groups in total. The number of nitrogens with one attached hydrogen (secondary N) is 1. The molecule has 2 heteroatoms. The molecule has 0 saturated carbocycles. The molecule has 0 spiro atoms. The van der Waals surface area contributed by atoms with Crippen molar-refractivity contribution in [3.05, 3.63) is 0 Å². The average molecular weight is 173 g/mol. The number of methoxy groups -OCH3 is 1. The van der Waals surface area contributed by atoms with Gasteiger partial charge in [-0.2, -0.15) is 0 Å². The van der Waals surface area contributed by atoms with Crippen LogP contribution in [0.15, 0.2) is 0 Å². The standard InChI is InChI=1S/C10H23NO/c1-6-8(2)10(11-4)7-9(3)12-5/h8-11H,6-7H2,1-5H3. The number of rotatable bonds is 6. The second-order valence-corrected chi connectivity index (χ2v) is 3.56. The van der Waals surface area contributed by atoms with Crippen molar-refractivity contribution in [3.63, 3.8) is 0 Å². The van der Waals surface area contributed by atoms with Crippen LogP contribution in [0.5, 0.6) is 0 Å². The van der Waals surface area contributed by atoms with Gasteiger partial charge in [-0.05, 0) is 26.3 Å². The highest BCUT2D eigenvalue weighted by atomic mass is 16.5. The molecule has 0 aliphatic rings. The van der Waals surface area contributed by atoms with Gasteiger partial charge in [-0.1, -0.05) is 20.3 Å². The summed E-state index contributed by atoms with van der Waals surface area (Å²) >= 11 is 0. The minimum absolute atomic E-state index is 0.358. The lowest BCUT2D eigenvalue weighted by Gasteiger charge is -2.24. The summed E-state index contributed by atoms with van der Waals surface area (Å²) in [4.78, 5) is 0. The molecule has 0 aromatic carbocycles. The first-order valence-electron chi connectivity index (χ1n) is 4.85. The van der Waals surface area contributed by atoms with Crippen LogP contribution in [0, 0.1) is 5.92 Å². The molecular formula is C10H23NO. The number of hydrogen-bond acceptors (Lipinski definition) is 2. The molecule has 12 heavy (non-hydrogen) atoms. The maximum Gasteiger partial charge on any atom is 0.0558 e. The molecule has 0 bridgehead atoms. The van der Waals surface area contributed by atoms with Gasteiger partial charge < -0.3 is 10.1 Å². The topological polar surface area (TPSA) is 21.3 Å². The quantitative estimate of drug-likeness (QED) is 0.663. The maximum absolute atomic E-state index is 5.24. The van der Waals surface area contributed by atoms with Crippen molar-refractivity contribution in [2.45, 2.75) is 45.8 Å². The van der Waals surface area contributed by atoms with Crippen LogP contribution in [0.2, 0.25) is 0 Å². The van der Waals surface area contributed by atoms with Gasteiger partial charge in [0.15, 0.2) is 0 Å². The van der Waals surface area contributed by atoms with Crippen LogP contribution in [-0.4, -0.2) is 26.3 Å². The van der Waals surface area contributed by atoms with Crippen molar-refractivity contribution < 1.29 is 4.74 Å². The molecule has 0 radical (unpaired) electrons. The van der Waals surface area contributed by atoms with E-state index in [9.17, 15) is 0 Å². The predicted octanol–water partition coefficient (Wildman–Crippen LogP) is 2.05. The summed E-state index contributed by atoms with van der Waals surface area (Å²) in [5.74, 6) is 0.729. The minimum atomic E-state index is 0.358. The second-order valence-electron chi connectivity index (χ2n) is 3.56. The Morgan fingerprint density at radius 3 is 2.25 bits per heavy atom. The summed E-state index contributed by atoms with van der Waals surface area (Å²) in [6, 6.07) is 0.588. The van der Waals surface area contributed by atoms with Crippen molar-refractivity contribution in [1.82, 2.24) is 5.32 Å². The zero-order chi connectivity index (χ0) is 9.56. The molecule has 0 amide bonds. The molecule has 74 valence electrons. The molecule has 0 aliphatic heterocycles. The molecule has 3 atom stereocenters. The van der Waals surface area contributed by atoms with Crippen LogP contribution in [0.4, 0.5) is 0 Å². The van der Waals surface area contributed by atoms with E-state index in [4.69, 9.17) is 4.74 Å². The normalized spacial score (nSPS) is 18.8. The first-order valence-corrected chi connectivity index (χ1v) is 4.85. The fraction of sp³-hybridized carbons (Fsp3) is 1.00. The van der Waals surface area contributed by atoms with Crippen molar-refractivity contribution in [2.75, 3.05) is 14.2 Å². The first-order chi connectivity index (χ1) is 5.65. The highest BCUT2D eigenvalue weighted by Gasteiger charge is 2.16. The van der Waals surface area contributed by atoms with Crippen LogP contribution in [0.25, 0.3) is 0 Å². The van der Waals surface area contributed by atoms with Crippen LogP contribution in [0.1, 0.15) is 33.6 Å². The number of hydrogen-bond donors (Lipinski definition) is 1. The van der Waals surface area contributed by atoms with E-state index in [1.165, 1.54) is 6.42 Å². The van der Waals surface area contributed by atoms with Gasteiger partial charge in [0.2, 0.25) is 0 Å². The molecule has 3 unspecified atom stereocenters. The molecule has 0 aromatic heterocycles. The third-order valence-electron chi connectivity index (χ3n) is 2.69. The van der Waals surface area contributed by atoms with E-state index in [0.717, 1.165) is 12.3 Å². The molecular weight excluding hydrogens is 150 g/mol. The van der Waals surface area contributed by atoms with E-state index >= 15 is 0 Å². The van der Waals surface area contributed by atoms with Crippen molar-refractivity contribution in [2.24, 2.45) is 5.92 Å². The van der Waals surface area contributed by atoms with Gasteiger partial charge in [0.1, 0.15) is 0 Å². The Bertz CT molecular complexity index is 106. The second kappa shape index (κ2) is 6.44. The summed E-state index contributed by atoms with van der Waals surface area (Å²) in [5, 5.41) is 3.34. The Morgan fingerprint density at radius 1 is 1.33 bits per heavy atom. The molecule has 0 aliphatic carbocycles. The largest absolute Gasteiger partial charge is 0.382 e. The van der Waals surface area contributed by atoms with Gasteiger partial charge in [0.05, 0.1) is 6.10 Å². The van der Waals surface area contributed by atoms with Crippen molar-refractivity contribution in [1.29, 1.82) is 0 Å². The van der Waals surface area contributed by atoms with Gasteiger partial charge in [-0.3, -0.25) is 0 Å². The Balaban J connectivity index is 3.81. The Labute approximate surface area is 76.7 Å². The molecule has 2 nitrogen and oxygen atoms in total. The smallest absolute Gasteiger partial charge is 0.0558 e. The van der Waals surface area contributed by atoms with Gasteiger partial charge >= 0.3 is 0 Å². The monoisotopic (exact) mass is 173 g/mol. The molecule has 0 heterocycles. The van der Waals surface area contributed by atoms with E-state index < -0.39 is 0 Å². The Hall–Kier alpha value is -0.0800. The molecule has 0 fully saturated rings. The Kier molecular flexibility index (Phi) is 6.39. The van der Waals surface area contributed by atoms with Crippen LogP contribution in [-0.2, 0) is 4.74 Å². The fourth-order valence-corrected chi connectivity index (χ4v) is 1.37. The fourth-order valence-electron chi connectivity index (χ4n) is 1.37. The van der Waals surface area contributed by atoms with Crippen LogP contribution in [0.3, 0.4) is 0 Å². The van der Waals surface area contributed by atoms with Gasteiger partial charge in [-0.25, -0.2) is 0 Å². The first kappa shape index (κ1) is 11.9.